The highest BCUT2D eigenvalue weighted by Crippen LogP contribution is 2.35. The molecule has 1 aliphatic carbocycles. The molecule has 4 nitrogen and oxygen atoms in total. The maximum absolute atomic E-state index is 13.6. The van der Waals surface area contributed by atoms with E-state index in [0.717, 1.165) is 25.9 Å². The number of carbonyl (C=O) groups excluding carboxylic acids is 1. The summed E-state index contributed by atoms with van der Waals surface area (Å²) in [6, 6.07) is 6.18. The molecular weight excluding hydrogens is 319 g/mol. The zero-order chi connectivity index (χ0) is 17.5. The van der Waals surface area contributed by atoms with E-state index in [9.17, 15) is 9.18 Å². The molecular formula is C20H29FN2O2. The second-order valence-electron chi connectivity index (χ2n) is 7.33. The summed E-state index contributed by atoms with van der Waals surface area (Å²) in [6.45, 7) is 2.81. The lowest BCUT2D eigenvalue weighted by Gasteiger charge is -2.48. The summed E-state index contributed by atoms with van der Waals surface area (Å²) in [5.41, 5.74) is 0.103. The first kappa shape index (κ1) is 18.2. The third kappa shape index (κ3) is 4.72. The number of benzene rings is 1. The maximum Gasteiger partial charge on any atom is 0.258 e. The van der Waals surface area contributed by atoms with E-state index in [-0.39, 0.29) is 23.8 Å². The minimum absolute atomic E-state index is 0.103. The molecule has 0 atom stereocenters. The Labute approximate surface area is 149 Å². The van der Waals surface area contributed by atoms with Gasteiger partial charge in [-0.15, -0.1) is 0 Å². The summed E-state index contributed by atoms with van der Waals surface area (Å²) in [7, 11) is 0. The molecule has 3 rings (SSSR count). The lowest BCUT2D eigenvalue weighted by molar-refractivity contribution is -0.124. The van der Waals surface area contributed by atoms with Gasteiger partial charge in [-0.05, 0) is 50.9 Å². The van der Waals surface area contributed by atoms with E-state index in [1.165, 1.54) is 44.6 Å². The second kappa shape index (κ2) is 8.65. The predicted molar refractivity (Wildman–Crippen MR) is 96.1 cm³/mol. The fraction of sp³-hybridized carbons (Fsp3) is 0.650. The monoisotopic (exact) mass is 348 g/mol. The van der Waals surface area contributed by atoms with Crippen molar-refractivity contribution in [2.75, 3.05) is 26.2 Å². The largest absolute Gasteiger partial charge is 0.481 e. The molecule has 1 aliphatic heterocycles. The van der Waals surface area contributed by atoms with Gasteiger partial charge in [-0.1, -0.05) is 37.8 Å². The van der Waals surface area contributed by atoms with Gasteiger partial charge in [0.05, 0.1) is 0 Å². The number of carbonyl (C=O) groups is 1. The molecule has 2 aliphatic rings. The first-order chi connectivity index (χ1) is 12.2. The third-order valence-corrected chi connectivity index (χ3v) is 5.62. The van der Waals surface area contributed by atoms with Crippen LogP contribution in [-0.4, -0.2) is 42.6 Å². The Morgan fingerprint density at radius 2 is 1.76 bits per heavy atom. The highest BCUT2D eigenvalue weighted by molar-refractivity contribution is 5.77. The summed E-state index contributed by atoms with van der Waals surface area (Å²) in [4.78, 5) is 14.8. The Hall–Kier alpha value is -1.62. The van der Waals surface area contributed by atoms with Gasteiger partial charge >= 0.3 is 0 Å². The van der Waals surface area contributed by atoms with Crippen LogP contribution in [0, 0.1) is 5.82 Å². The SMILES string of the molecule is O=C(COc1ccccc1F)NCC1(N2CCCCC2)CCCCC1. The molecule has 1 saturated heterocycles. The van der Waals surface area contributed by atoms with Gasteiger partial charge in [-0.2, -0.15) is 0 Å². The summed E-state index contributed by atoms with van der Waals surface area (Å²) in [5, 5.41) is 3.05. The fourth-order valence-corrected chi connectivity index (χ4v) is 4.20. The van der Waals surface area contributed by atoms with Crippen molar-refractivity contribution < 1.29 is 13.9 Å². The van der Waals surface area contributed by atoms with Crippen molar-refractivity contribution in [3.8, 4) is 5.75 Å². The molecule has 25 heavy (non-hydrogen) atoms. The van der Waals surface area contributed by atoms with Crippen molar-refractivity contribution in [3.05, 3.63) is 30.1 Å². The lowest BCUT2D eigenvalue weighted by Crippen LogP contribution is -2.58. The van der Waals surface area contributed by atoms with Gasteiger partial charge in [0, 0.05) is 12.1 Å². The number of piperidine rings is 1. The summed E-state index contributed by atoms with van der Waals surface area (Å²) in [5.74, 6) is -0.487. The number of nitrogens with zero attached hydrogens (tertiary/aromatic N) is 1. The zero-order valence-electron chi connectivity index (χ0n) is 14.9. The van der Waals surface area contributed by atoms with Crippen molar-refractivity contribution in [1.82, 2.24) is 10.2 Å². The highest BCUT2D eigenvalue weighted by atomic mass is 19.1. The average molecular weight is 348 g/mol. The number of nitrogens with one attached hydrogen (secondary N) is 1. The van der Waals surface area contributed by atoms with Crippen LogP contribution in [0.3, 0.4) is 0 Å². The van der Waals surface area contributed by atoms with Crippen molar-refractivity contribution in [3.63, 3.8) is 0 Å². The molecule has 138 valence electrons. The van der Waals surface area contributed by atoms with Crippen LogP contribution in [0.4, 0.5) is 4.39 Å². The number of para-hydroxylation sites is 1. The number of amides is 1. The normalized spacial score (nSPS) is 20.8. The van der Waals surface area contributed by atoms with E-state index in [2.05, 4.69) is 10.2 Å². The quantitative estimate of drug-likeness (QED) is 0.855. The van der Waals surface area contributed by atoms with Crippen LogP contribution in [-0.2, 0) is 4.79 Å². The Kier molecular flexibility index (Phi) is 6.29. The first-order valence-corrected chi connectivity index (χ1v) is 9.59. The topological polar surface area (TPSA) is 41.6 Å². The molecule has 1 saturated carbocycles. The maximum atomic E-state index is 13.6. The van der Waals surface area contributed by atoms with Crippen LogP contribution in [0.1, 0.15) is 51.4 Å². The Balaban J connectivity index is 1.53. The van der Waals surface area contributed by atoms with E-state index in [1.54, 1.807) is 18.2 Å². The minimum Gasteiger partial charge on any atom is -0.481 e. The Morgan fingerprint density at radius 3 is 2.48 bits per heavy atom. The highest BCUT2D eigenvalue weighted by Gasteiger charge is 2.38. The molecule has 1 aromatic rings. The third-order valence-electron chi connectivity index (χ3n) is 5.62. The number of hydrogen-bond donors (Lipinski definition) is 1. The van der Waals surface area contributed by atoms with Crippen LogP contribution in [0.2, 0.25) is 0 Å². The standard InChI is InChI=1S/C20H29FN2O2/c21-17-9-3-4-10-18(17)25-15-19(24)22-16-20(11-5-1-6-12-20)23-13-7-2-8-14-23/h3-4,9-10H,1-2,5-8,11-16H2,(H,22,24). The van der Waals surface area contributed by atoms with Crippen LogP contribution in [0.15, 0.2) is 24.3 Å². The molecule has 2 fully saturated rings. The number of likely N-dealkylation sites (tertiary alicyclic amines) is 1. The number of hydrogen-bond acceptors (Lipinski definition) is 3. The number of ether oxygens (including phenoxy) is 1. The Morgan fingerprint density at radius 1 is 1.08 bits per heavy atom. The van der Waals surface area contributed by atoms with Gasteiger partial charge < -0.3 is 10.1 Å². The predicted octanol–water partition coefficient (Wildman–Crippen LogP) is 3.51. The van der Waals surface area contributed by atoms with Crippen LogP contribution >= 0.6 is 0 Å². The van der Waals surface area contributed by atoms with Gasteiger partial charge in [0.15, 0.2) is 18.2 Å². The van der Waals surface area contributed by atoms with Gasteiger partial charge in [-0.3, -0.25) is 9.69 Å². The smallest absolute Gasteiger partial charge is 0.258 e. The average Bonchev–Trinajstić information content (AvgIpc) is 2.67. The fourth-order valence-electron chi connectivity index (χ4n) is 4.20. The summed E-state index contributed by atoms with van der Waals surface area (Å²) in [6.07, 6.45) is 9.90. The molecule has 1 amide bonds. The van der Waals surface area contributed by atoms with Gasteiger partial charge in [0.25, 0.3) is 5.91 Å². The summed E-state index contributed by atoms with van der Waals surface area (Å²) >= 11 is 0. The molecule has 0 bridgehead atoms. The van der Waals surface area contributed by atoms with E-state index in [4.69, 9.17) is 4.74 Å². The van der Waals surface area contributed by atoms with E-state index < -0.39 is 5.82 Å². The molecule has 1 aromatic carbocycles. The molecule has 1 N–H and O–H groups in total. The van der Waals surface area contributed by atoms with Gasteiger partial charge in [0.1, 0.15) is 0 Å². The molecule has 5 heteroatoms. The van der Waals surface area contributed by atoms with Gasteiger partial charge in [-0.25, -0.2) is 4.39 Å². The zero-order valence-corrected chi connectivity index (χ0v) is 14.9. The van der Waals surface area contributed by atoms with Gasteiger partial charge in [0.2, 0.25) is 0 Å². The van der Waals surface area contributed by atoms with E-state index in [1.807, 2.05) is 0 Å². The number of halogens is 1. The first-order valence-electron chi connectivity index (χ1n) is 9.59. The summed E-state index contributed by atoms with van der Waals surface area (Å²) < 4.78 is 18.9. The van der Waals surface area contributed by atoms with Crippen molar-refractivity contribution in [1.29, 1.82) is 0 Å². The molecule has 0 aromatic heterocycles. The van der Waals surface area contributed by atoms with Crippen molar-refractivity contribution >= 4 is 5.91 Å². The van der Waals surface area contributed by atoms with Crippen LogP contribution in [0.5, 0.6) is 5.75 Å². The van der Waals surface area contributed by atoms with Crippen molar-refractivity contribution in [2.45, 2.75) is 56.9 Å². The van der Waals surface area contributed by atoms with Crippen molar-refractivity contribution in [2.24, 2.45) is 0 Å². The molecule has 0 radical (unpaired) electrons. The van der Waals surface area contributed by atoms with E-state index in [0.29, 0.717) is 6.54 Å². The Bertz CT molecular complexity index is 567. The van der Waals surface area contributed by atoms with E-state index >= 15 is 0 Å². The molecule has 0 spiro atoms. The minimum atomic E-state index is -0.438. The number of rotatable bonds is 6. The lowest BCUT2D eigenvalue weighted by atomic mass is 9.79. The van der Waals surface area contributed by atoms with Crippen LogP contribution < -0.4 is 10.1 Å². The second-order valence-corrected chi connectivity index (χ2v) is 7.33. The molecule has 0 unspecified atom stereocenters. The molecule has 1 heterocycles. The van der Waals surface area contributed by atoms with Crippen LogP contribution in [0.25, 0.3) is 0 Å².